The molecule has 1 atom stereocenters. The lowest BCUT2D eigenvalue weighted by molar-refractivity contribution is 0.0587. The summed E-state index contributed by atoms with van der Waals surface area (Å²) in [6.07, 6.45) is 5.22. The van der Waals surface area contributed by atoms with Crippen LogP contribution in [0.15, 0.2) is 0 Å². The van der Waals surface area contributed by atoms with Crippen molar-refractivity contribution in [2.45, 2.75) is 43.8 Å². The number of fused-ring (bicyclic) bond motifs is 3. The lowest BCUT2D eigenvalue weighted by atomic mass is 9.81. The highest BCUT2D eigenvalue weighted by Crippen LogP contribution is 2.29. The van der Waals surface area contributed by atoms with Crippen LogP contribution in [0.2, 0.25) is 0 Å². The molecule has 4 fully saturated rings. The van der Waals surface area contributed by atoms with Gasteiger partial charge in [-0.25, -0.2) is 0 Å². The molecule has 0 radical (unpaired) electrons. The Morgan fingerprint density at radius 1 is 1.14 bits per heavy atom. The first-order valence-corrected chi connectivity index (χ1v) is 6.05. The SMILES string of the molecule is NC1CC(NC2CN3CCC2CC3)C1. The van der Waals surface area contributed by atoms with E-state index in [0.29, 0.717) is 6.04 Å². The second-order valence-electron chi connectivity index (χ2n) is 5.34. The largest absolute Gasteiger partial charge is 0.328 e. The van der Waals surface area contributed by atoms with Gasteiger partial charge in [-0.05, 0) is 44.7 Å². The Morgan fingerprint density at radius 2 is 1.86 bits per heavy atom. The fourth-order valence-corrected chi connectivity index (χ4v) is 3.25. The van der Waals surface area contributed by atoms with E-state index in [1.54, 1.807) is 0 Å². The lowest BCUT2D eigenvalue weighted by Crippen LogP contribution is -2.61. The maximum atomic E-state index is 5.80. The molecule has 3 saturated heterocycles. The molecule has 4 aliphatic rings. The highest BCUT2D eigenvalue weighted by Gasteiger charge is 2.37. The van der Waals surface area contributed by atoms with Crippen LogP contribution in [0.1, 0.15) is 25.7 Å². The molecule has 14 heavy (non-hydrogen) atoms. The van der Waals surface area contributed by atoms with Crippen molar-refractivity contribution in [3.05, 3.63) is 0 Å². The predicted molar refractivity (Wildman–Crippen MR) is 57.1 cm³/mol. The Labute approximate surface area is 86.0 Å². The zero-order chi connectivity index (χ0) is 9.54. The van der Waals surface area contributed by atoms with Crippen LogP contribution in [-0.4, -0.2) is 42.7 Å². The summed E-state index contributed by atoms with van der Waals surface area (Å²) >= 11 is 0. The molecule has 0 aromatic rings. The summed E-state index contributed by atoms with van der Waals surface area (Å²) in [5.41, 5.74) is 5.80. The van der Waals surface area contributed by atoms with Crippen LogP contribution in [0.25, 0.3) is 0 Å². The highest BCUT2D eigenvalue weighted by atomic mass is 15.2. The third kappa shape index (κ3) is 1.58. The average molecular weight is 195 g/mol. The van der Waals surface area contributed by atoms with Gasteiger partial charge in [-0.15, -0.1) is 0 Å². The topological polar surface area (TPSA) is 41.3 Å². The Kier molecular flexibility index (Phi) is 2.26. The number of nitrogens with two attached hydrogens (primary N) is 1. The summed E-state index contributed by atoms with van der Waals surface area (Å²) < 4.78 is 0. The van der Waals surface area contributed by atoms with Crippen molar-refractivity contribution in [3.63, 3.8) is 0 Å². The van der Waals surface area contributed by atoms with Gasteiger partial charge in [-0.2, -0.15) is 0 Å². The number of hydrogen-bond donors (Lipinski definition) is 2. The molecule has 4 rings (SSSR count). The molecule has 80 valence electrons. The molecule has 1 aliphatic carbocycles. The molecular formula is C11H21N3. The minimum atomic E-state index is 0.480. The molecular weight excluding hydrogens is 174 g/mol. The van der Waals surface area contributed by atoms with Crippen molar-refractivity contribution in [2.75, 3.05) is 19.6 Å². The van der Waals surface area contributed by atoms with Gasteiger partial charge < -0.3 is 16.0 Å². The predicted octanol–water partition coefficient (Wildman–Crippen LogP) is 0.160. The van der Waals surface area contributed by atoms with E-state index < -0.39 is 0 Å². The van der Waals surface area contributed by atoms with E-state index in [2.05, 4.69) is 10.2 Å². The zero-order valence-corrected chi connectivity index (χ0v) is 8.78. The molecule has 3 nitrogen and oxygen atoms in total. The number of rotatable bonds is 2. The van der Waals surface area contributed by atoms with Crippen molar-refractivity contribution < 1.29 is 0 Å². The van der Waals surface area contributed by atoms with Crippen LogP contribution in [0.3, 0.4) is 0 Å². The van der Waals surface area contributed by atoms with E-state index in [-0.39, 0.29) is 0 Å². The minimum Gasteiger partial charge on any atom is -0.328 e. The fraction of sp³-hybridized carbons (Fsp3) is 1.00. The van der Waals surface area contributed by atoms with E-state index in [1.165, 1.54) is 45.3 Å². The van der Waals surface area contributed by atoms with Crippen LogP contribution >= 0.6 is 0 Å². The molecule has 0 spiro atoms. The molecule has 2 bridgehead atoms. The first kappa shape index (κ1) is 9.13. The maximum absolute atomic E-state index is 5.80. The third-order valence-corrected chi connectivity index (χ3v) is 4.28. The van der Waals surface area contributed by atoms with Crippen LogP contribution in [0, 0.1) is 5.92 Å². The van der Waals surface area contributed by atoms with Gasteiger partial charge in [-0.3, -0.25) is 0 Å². The van der Waals surface area contributed by atoms with E-state index in [4.69, 9.17) is 5.73 Å². The van der Waals surface area contributed by atoms with Crippen LogP contribution in [-0.2, 0) is 0 Å². The van der Waals surface area contributed by atoms with Crippen molar-refractivity contribution in [3.8, 4) is 0 Å². The van der Waals surface area contributed by atoms with E-state index in [9.17, 15) is 0 Å². The number of hydrogen-bond acceptors (Lipinski definition) is 3. The standard InChI is InChI=1S/C11H21N3/c12-9-5-10(6-9)13-11-7-14-3-1-8(11)2-4-14/h8-11,13H,1-7,12H2. The van der Waals surface area contributed by atoms with Gasteiger partial charge in [0.05, 0.1) is 0 Å². The van der Waals surface area contributed by atoms with Gasteiger partial charge >= 0.3 is 0 Å². The number of nitrogens with zero attached hydrogens (tertiary/aromatic N) is 1. The van der Waals surface area contributed by atoms with Gasteiger partial charge in [0.1, 0.15) is 0 Å². The molecule has 3 heteroatoms. The number of piperidine rings is 3. The first-order chi connectivity index (χ1) is 6.81. The highest BCUT2D eigenvalue weighted by molar-refractivity contribution is 4.96. The summed E-state index contributed by atoms with van der Waals surface area (Å²) in [6.45, 7) is 3.97. The van der Waals surface area contributed by atoms with Crippen molar-refractivity contribution >= 4 is 0 Å². The molecule has 1 unspecified atom stereocenters. The first-order valence-electron chi connectivity index (χ1n) is 6.05. The van der Waals surface area contributed by atoms with E-state index in [1.807, 2.05) is 0 Å². The summed E-state index contributed by atoms with van der Waals surface area (Å²) in [5, 5.41) is 3.80. The van der Waals surface area contributed by atoms with Crippen LogP contribution in [0.5, 0.6) is 0 Å². The van der Waals surface area contributed by atoms with Crippen molar-refractivity contribution in [1.82, 2.24) is 10.2 Å². The van der Waals surface area contributed by atoms with Gasteiger partial charge in [-0.1, -0.05) is 0 Å². The van der Waals surface area contributed by atoms with Crippen molar-refractivity contribution in [2.24, 2.45) is 11.7 Å². The fourth-order valence-electron chi connectivity index (χ4n) is 3.25. The molecule has 3 N–H and O–H groups in total. The Bertz CT molecular complexity index is 205. The summed E-state index contributed by atoms with van der Waals surface area (Å²) in [6, 6.07) is 1.99. The summed E-state index contributed by atoms with van der Waals surface area (Å²) in [5.74, 6) is 0.955. The normalized spacial score (nSPS) is 51.6. The summed E-state index contributed by atoms with van der Waals surface area (Å²) in [7, 11) is 0. The van der Waals surface area contributed by atoms with Gasteiger partial charge in [0.2, 0.25) is 0 Å². The van der Waals surface area contributed by atoms with Crippen LogP contribution in [0.4, 0.5) is 0 Å². The third-order valence-electron chi connectivity index (χ3n) is 4.28. The Morgan fingerprint density at radius 3 is 2.36 bits per heavy atom. The van der Waals surface area contributed by atoms with E-state index in [0.717, 1.165) is 18.0 Å². The molecule has 3 heterocycles. The Balaban J connectivity index is 1.53. The Hall–Kier alpha value is -0.120. The molecule has 0 amide bonds. The van der Waals surface area contributed by atoms with Gasteiger partial charge in [0.25, 0.3) is 0 Å². The lowest BCUT2D eigenvalue weighted by Gasteiger charge is -2.48. The van der Waals surface area contributed by atoms with E-state index >= 15 is 0 Å². The second-order valence-corrected chi connectivity index (χ2v) is 5.34. The number of nitrogens with one attached hydrogen (secondary N) is 1. The molecule has 3 aliphatic heterocycles. The molecule has 0 aromatic heterocycles. The summed E-state index contributed by atoms with van der Waals surface area (Å²) in [4.78, 5) is 2.61. The zero-order valence-electron chi connectivity index (χ0n) is 8.78. The van der Waals surface area contributed by atoms with Crippen molar-refractivity contribution in [1.29, 1.82) is 0 Å². The quantitative estimate of drug-likeness (QED) is 0.659. The second kappa shape index (κ2) is 3.47. The molecule has 1 saturated carbocycles. The minimum absolute atomic E-state index is 0.480. The smallest absolute Gasteiger partial charge is 0.0226 e. The molecule has 0 aromatic carbocycles. The van der Waals surface area contributed by atoms with Gasteiger partial charge in [0.15, 0.2) is 0 Å². The monoisotopic (exact) mass is 195 g/mol. The average Bonchev–Trinajstić information content (AvgIpc) is 2.17. The van der Waals surface area contributed by atoms with Gasteiger partial charge in [0, 0.05) is 24.7 Å². The van der Waals surface area contributed by atoms with Crippen LogP contribution < -0.4 is 11.1 Å². The maximum Gasteiger partial charge on any atom is 0.0226 e.